The van der Waals surface area contributed by atoms with Gasteiger partial charge in [-0.3, -0.25) is 9.69 Å². The van der Waals surface area contributed by atoms with E-state index >= 15 is 0 Å². The third-order valence-electron chi connectivity index (χ3n) is 8.54. The maximum Gasteiger partial charge on any atom is 0.223 e. The zero-order valence-corrected chi connectivity index (χ0v) is 23.0. The molecule has 3 aliphatic rings. The molecule has 2 aromatic rings. The second-order valence-corrected chi connectivity index (χ2v) is 13.0. The highest BCUT2D eigenvalue weighted by Gasteiger charge is 2.42. The molecule has 2 aromatic heterocycles. The topological polar surface area (TPSA) is 63.1 Å². The molecular weight excluding hydrogens is 478 g/mol. The van der Waals surface area contributed by atoms with Crippen molar-refractivity contribution in [2.24, 2.45) is 5.92 Å². The number of amides is 1. The number of hydrogen-bond acceptors (Lipinski definition) is 5. The lowest BCUT2D eigenvalue weighted by Gasteiger charge is -2.40. The van der Waals surface area contributed by atoms with E-state index in [-0.39, 0.29) is 17.9 Å². The zero-order chi connectivity index (χ0) is 24.5. The van der Waals surface area contributed by atoms with E-state index in [2.05, 4.69) is 51.8 Å². The number of nitrogens with one attached hydrogen (secondary N) is 1. The van der Waals surface area contributed by atoms with Gasteiger partial charge in [-0.25, -0.2) is 0 Å². The Bertz CT molecular complexity index is 999. The van der Waals surface area contributed by atoms with Gasteiger partial charge in [-0.2, -0.15) is 0 Å². The van der Waals surface area contributed by atoms with Gasteiger partial charge in [0.1, 0.15) is 11.6 Å². The fourth-order valence-electron chi connectivity index (χ4n) is 6.79. The van der Waals surface area contributed by atoms with Crippen molar-refractivity contribution in [3.8, 4) is 0 Å². The summed E-state index contributed by atoms with van der Waals surface area (Å²) >= 11 is 7.90. The van der Waals surface area contributed by atoms with Gasteiger partial charge >= 0.3 is 0 Å². The lowest BCUT2D eigenvalue weighted by Crippen LogP contribution is -2.45. The van der Waals surface area contributed by atoms with E-state index in [9.17, 15) is 4.79 Å². The van der Waals surface area contributed by atoms with Crippen molar-refractivity contribution in [1.29, 1.82) is 0 Å². The summed E-state index contributed by atoms with van der Waals surface area (Å²) in [6, 6.07) is 5.80. The molecule has 8 heteroatoms. The summed E-state index contributed by atoms with van der Waals surface area (Å²) in [5.74, 6) is 2.98. The predicted octanol–water partition coefficient (Wildman–Crippen LogP) is 6.42. The Balaban J connectivity index is 1.25. The van der Waals surface area contributed by atoms with Gasteiger partial charge < -0.3 is 9.88 Å². The van der Waals surface area contributed by atoms with Gasteiger partial charge in [0.25, 0.3) is 0 Å². The maximum atomic E-state index is 13.1. The Morgan fingerprint density at radius 2 is 1.80 bits per heavy atom. The monoisotopic (exact) mass is 517 g/mol. The second-order valence-electron chi connectivity index (χ2n) is 11.2. The van der Waals surface area contributed by atoms with Gasteiger partial charge in [0.2, 0.25) is 5.91 Å². The highest BCUT2D eigenvalue weighted by molar-refractivity contribution is 7.16. The fourth-order valence-corrected chi connectivity index (χ4v) is 7.93. The van der Waals surface area contributed by atoms with Crippen LogP contribution >= 0.6 is 22.9 Å². The molecule has 4 atom stereocenters. The lowest BCUT2D eigenvalue weighted by atomic mass is 9.88. The molecule has 1 amide bonds. The first kappa shape index (κ1) is 25.2. The van der Waals surface area contributed by atoms with E-state index < -0.39 is 0 Å². The smallest absolute Gasteiger partial charge is 0.223 e. The quantitative estimate of drug-likeness (QED) is 0.438. The van der Waals surface area contributed by atoms with Crippen LogP contribution in [0.1, 0.15) is 113 Å². The molecule has 1 N–H and O–H groups in total. The van der Waals surface area contributed by atoms with Crippen LogP contribution in [0, 0.1) is 12.8 Å². The first-order valence-corrected chi connectivity index (χ1v) is 14.8. The number of carbonyl (C=O) groups is 1. The molecule has 3 fully saturated rings. The molecule has 0 aromatic carbocycles. The van der Waals surface area contributed by atoms with Crippen LogP contribution in [0.15, 0.2) is 12.1 Å². The van der Waals surface area contributed by atoms with Crippen molar-refractivity contribution in [2.45, 2.75) is 115 Å². The Labute approximate surface area is 218 Å². The molecule has 0 radical (unpaired) electrons. The molecule has 35 heavy (non-hydrogen) atoms. The predicted molar refractivity (Wildman–Crippen MR) is 142 cm³/mol. The van der Waals surface area contributed by atoms with Crippen LogP contribution in [0.3, 0.4) is 0 Å². The first-order chi connectivity index (χ1) is 16.9. The van der Waals surface area contributed by atoms with E-state index in [0.29, 0.717) is 24.0 Å². The van der Waals surface area contributed by atoms with Crippen molar-refractivity contribution in [1.82, 2.24) is 25.0 Å². The molecule has 192 valence electrons. The summed E-state index contributed by atoms with van der Waals surface area (Å²) in [5.41, 5.74) is 0. The highest BCUT2D eigenvalue weighted by Crippen LogP contribution is 2.42. The molecule has 5 rings (SSSR count). The molecule has 2 aliphatic heterocycles. The van der Waals surface area contributed by atoms with E-state index in [1.807, 2.05) is 6.07 Å². The average molecular weight is 518 g/mol. The SMILES string of the molecule is Cc1nnc(C(C)C)n1[C@@H]1C[C@H]2CC[C@@H](C1)N2CC[C@H](NC(=O)C1CCCCC1)c1ccc(Cl)s1. The minimum Gasteiger partial charge on any atom is -0.348 e. The molecule has 1 aliphatic carbocycles. The van der Waals surface area contributed by atoms with Gasteiger partial charge in [-0.15, -0.1) is 21.5 Å². The molecule has 1 saturated carbocycles. The molecule has 2 bridgehead atoms. The van der Waals surface area contributed by atoms with Crippen LogP contribution in [0.5, 0.6) is 0 Å². The van der Waals surface area contributed by atoms with Gasteiger partial charge in [0.15, 0.2) is 0 Å². The molecular formula is C27H40ClN5OS. The van der Waals surface area contributed by atoms with Crippen LogP contribution in [0.2, 0.25) is 4.34 Å². The summed E-state index contributed by atoms with van der Waals surface area (Å²) in [5, 5.41) is 12.3. The minimum absolute atomic E-state index is 0.0479. The maximum absolute atomic E-state index is 13.1. The van der Waals surface area contributed by atoms with Crippen LogP contribution in [0.25, 0.3) is 0 Å². The van der Waals surface area contributed by atoms with Crippen LogP contribution in [0.4, 0.5) is 0 Å². The van der Waals surface area contributed by atoms with Crippen molar-refractivity contribution < 1.29 is 4.79 Å². The summed E-state index contributed by atoms with van der Waals surface area (Å²) in [7, 11) is 0. The average Bonchev–Trinajstić information content (AvgIpc) is 3.52. The molecule has 2 saturated heterocycles. The number of aromatic nitrogens is 3. The third kappa shape index (κ3) is 5.47. The standard InChI is InChI=1S/C27H40ClN5OS/c1-17(2)26-31-30-18(3)33(26)22-15-20-9-10-21(16-22)32(20)14-13-23(24-11-12-25(28)35-24)29-27(34)19-7-5-4-6-8-19/h11-12,17,19-23H,4-10,13-16H2,1-3H3,(H,29,34)/t20-,21+,22-,23-/m0/s1. The van der Waals surface area contributed by atoms with Gasteiger partial charge in [-0.1, -0.05) is 44.7 Å². The summed E-state index contributed by atoms with van der Waals surface area (Å²) in [6.07, 6.45) is 11.5. The Hall–Kier alpha value is -1.44. The number of carbonyl (C=O) groups excluding carboxylic acids is 1. The van der Waals surface area contributed by atoms with E-state index in [1.54, 1.807) is 11.3 Å². The molecule has 0 unspecified atom stereocenters. The lowest BCUT2D eigenvalue weighted by molar-refractivity contribution is -0.126. The van der Waals surface area contributed by atoms with E-state index in [0.717, 1.165) is 41.8 Å². The van der Waals surface area contributed by atoms with Crippen LogP contribution in [-0.2, 0) is 4.79 Å². The number of piperidine rings is 1. The normalized spacial score (nSPS) is 26.4. The number of fused-ring (bicyclic) bond motifs is 2. The Morgan fingerprint density at radius 1 is 1.09 bits per heavy atom. The number of aryl methyl sites for hydroxylation is 1. The number of rotatable bonds is 8. The van der Waals surface area contributed by atoms with Gasteiger partial charge in [-0.05, 0) is 64.0 Å². The fraction of sp³-hybridized carbons (Fsp3) is 0.741. The van der Waals surface area contributed by atoms with E-state index in [4.69, 9.17) is 11.6 Å². The van der Waals surface area contributed by atoms with Crippen molar-refractivity contribution in [3.05, 3.63) is 33.0 Å². The van der Waals surface area contributed by atoms with Gasteiger partial charge in [0, 0.05) is 41.4 Å². The number of hydrogen-bond donors (Lipinski definition) is 1. The van der Waals surface area contributed by atoms with Crippen LogP contribution < -0.4 is 5.32 Å². The summed E-state index contributed by atoms with van der Waals surface area (Å²) in [6.45, 7) is 7.54. The molecule has 0 spiro atoms. The number of nitrogens with zero attached hydrogens (tertiary/aromatic N) is 4. The molecule has 6 nitrogen and oxygen atoms in total. The van der Waals surface area contributed by atoms with Crippen molar-refractivity contribution >= 4 is 28.8 Å². The van der Waals surface area contributed by atoms with Crippen molar-refractivity contribution in [2.75, 3.05) is 6.54 Å². The Morgan fingerprint density at radius 3 is 2.43 bits per heavy atom. The number of halogens is 1. The zero-order valence-electron chi connectivity index (χ0n) is 21.4. The summed E-state index contributed by atoms with van der Waals surface area (Å²) in [4.78, 5) is 17.0. The van der Waals surface area contributed by atoms with Crippen LogP contribution in [-0.4, -0.2) is 44.2 Å². The third-order valence-corrected chi connectivity index (χ3v) is 9.88. The second kappa shape index (κ2) is 10.9. The summed E-state index contributed by atoms with van der Waals surface area (Å²) < 4.78 is 3.22. The largest absolute Gasteiger partial charge is 0.348 e. The molecule has 4 heterocycles. The Kier molecular flexibility index (Phi) is 7.85. The highest BCUT2D eigenvalue weighted by atomic mass is 35.5. The van der Waals surface area contributed by atoms with E-state index in [1.165, 1.54) is 49.8 Å². The first-order valence-electron chi connectivity index (χ1n) is 13.6. The van der Waals surface area contributed by atoms with Crippen molar-refractivity contribution in [3.63, 3.8) is 0 Å². The number of thiophene rings is 1. The minimum atomic E-state index is 0.0479. The van der Waals surface area contributed by atoms with Gasteiger partial charge in [0.05, 0.1) is 10.4 Å².